The van der Waals surface area contributed by atoms with Crippen LogP contribution in [0, 0.1) is 5.92 Å². The van der Waals surface area contributed by atoms with Crippen LogP contribution in [0.5, 0.6) is 0 Å². The van der Waals surface area contributed by atoms with Crippen molar-refractivity contribution >= 4 is 17.6 Å². The van der Waals surface area contributed by atoms with Gasteiger partial charge in [-0.25, -0.2) is 9.97 Å². The Kier molecular flexibility index (Phi) is 4.22. The van der Waals surface area contributed by atoms with Crippen molar-refractivity contribution in [3.63, 3.8) is 0 Å². The van der Waals surface area contributed by atoms with E-state index in [2.05, 4.69) is 19.8 Å². The molecule has 21 heavy (non-hydrogen) atoms. The topological polar surface area (TPSA) is 69.6 Å². The van der Waals surface area contributed by atoms with Crippen LogP contribution >= 0.6 is 0 Å². The van der Waals surface area contributed by atoms with E-state index in [0.717, 1.165) is 44.1 Å². The van der Waals surface area contributed by atoms with E-state index in [1.54, 1.807) is 6.33 Å². The minimum absolute atomic E-state index is 0.285. The first-order valence-electron chi connectivity index (χ1n) is 7.79. The Morgan fingerprint density at radius 1 is 1.05 bits per heavy atom. The second-order valence-corrected chi connectivity index (χ2v) is 5.91. The van der Waals surface area contributed by atoms with Crippen molar-refractivity contribution in [1.29, 1.82) is 0 Å². The molecule has 0 aromatic carbocycles. The Morgan fingerprint density at radius 3 is 2.43 bits per heavy atom. The van der Waals surface area contributed by atoms with E-state index in [4.69, 9.17) is 0 Å². The molecule has 1 aromatic rings. The third-order valence-electron chi connectivity index (χ3n) is 4.41. The maximum absolute atomic E-state index is 11.2. The fraction of sp³-hybridized carbons (Fsp3) is 0.667. The zero-order chi connectivity index (χ0) is 14.7. The summed E-state index contributed by atoms with van der Waals surface area (Å²) in [5.74, 6) is 0.839. The third-order valence-corrected chi connectivity index (χ3v) is 4.41. The number of hydrogen-bond donors (Lipinski definition) is 1. The summed E-state index contributed by atoms with van der Waals surface area (Å²) in [4.78, 5) is 24.3. The molecule has 114 valence electrons. The highest BCUT2D eigenvalue weighted by molar-refractivity contribution is 5.71. The van der Waals surface area contributed by atoms with Crippen molar-refractivity contribution in [3.8, 4) is 0 Å². The normalized spacial score (nSPS) is 23.1. The summed E-state index contributed by atoms with van der Waals surface area (Å²) in [6.45, 7) is 3.52. The largest absolute Gasteiger partial charge is 0.481 e. The number of carboxylic acids is 1. The Morgan fingerprint density at radius 2 is 1.71 bits per heavy atom. The van der Waals surface area contributed by atoms with Gasteiger partial charge in [0, 0.05) is 32.2 Å². The first kappa shape index (κ1) is 14.1. The van der Waals surface area contributed by atoms with E-state index in [1.165, 1.54) is 19.3 Å². The summed E-state index contributed by atoms with van der Waals surface area (Å²) in [5.41, 5.74) is 0. The van der Waals surface area contributed by atoms with Gasteiger partial charge in [0.25, 0.3) is 0 Å². The molecule has 0 saturated carbocycles. The molecular formula is C15H22N4O2. The number of anilines is 2. The van der Waals surface area contributed by atoms with Crippen LogP contribution < -0.4 is 9.80 Å². The van der Waals surface area contributed by atoms with Gasteiger partial charge in [-0.3, -0.25) is 4.79 Å². The molecule has 0 aliphatic carbocycles. The molecule has 3 heterocycles. The number of aliphatic carboxylic acids is 1. The molecule has 1 atom stereocenters. The molecule has 2 aliphatic heterocycles. The molecule has 2 aliphatic rings. The molecule has 0 bridgehead atoms. The zero-order valence-electron chi connectivity index (χ0n) is 12.2. The molecule has 0 spiro atoms. The van der Waals surface area contributed by atoms with Crippen LogP contribution in [-0.4, -0.2) is 47.2 Å². The molecule has 6 heteroatoms. The highest BCUT2D eigenvalue weighted by Crippen LogP contribution is 2.25. The van der Waals surface area contributed by atoms with Gasteiger partial charge in [-0.2, -0.15) is 0 Å². The van der Waals surface area contributed by atoms with Crippen molar-refractivity contribution < 1.29 is 9.90 Å². The van der Waals surface area contributed by atoms with Crippen LogP contribution in [0.2, 0.25) is 0 Å². The molecule has 1 aromatic heterocycles. The van der Waals surface area contributed by atoms with Gasteiger partial charge >= 0.3 is 5.97 Å². The van der Waals surface area contributed by atoms with Gasteiger partial charge in [-0.1, -0.05) is 0 Å². The smallest absolute Gasteiger partial charge is 0.308 e. The van der Waals surface area contributed by atoms with E-state index in [-0.39, 0.29) is 5.92 Å². The van der Waals surface area contributed by atoms with Gasteiger partial charge < -0.3 is 14.9 Å². The molecule has 0 radical (unpaired) electrons. The number of nitrogens with zero attached hydrogens (tertiary/aromatic N) is 4. The van der Waals surface area contributed by atoms with E-state index in [9.17, 15) is 9.90 Å². The van der Waals surface area contributed by atoms with Crippen LogP contribution in [-0.2, 0) is 4.79 Å². The van der Waals surface area contributed by atoms with Crippen LogP contribution in [0.4, 0.5) is 11.6 Å². The predicted molar refractivity (Wildman–Crippen MR) is 80.7 cm³/mol. The Bertz CT molecular complexity index is 502. The molecule has 1 N–H and O–H groups in total. The summed E-state index contributed by atoms with van der Waals surface area (Å²) in [6.07, 6.45) is 6.98. The van der Waals surface area contributed by atoms with Crippen LogP contribution in [0.1, 0.15) is 32.1 Å². The predicted octanol–water partition coefficient (Wildman–Crippen LogP) is 1.77. The maximum atomic E-state index is 11.2. The van der Waals surface area contributed by atoms with E-state index >= 15 is 0 Å². The maximum Gasteiger partial charge on any atom is 0.308 e. The summed E-state index contributed by atoms with van der Waals surface area (Å²) in [6, 6.07) is 2.01. The minimum Gasteiger partial charge on any atom is -0.481 e. The molecule has 3 rings (SSSR count). The van der Waals surface area contributed by atoms with Gasteiger partial charge in [-0.05, 0) is 32.1 Å². The standard InChI is InChI=1S/C15H22N4O2/c20-15(21)12-5-4-8-19(10-12)14-9-13(16-11-17-14)18-6-2-1-3-7-18/h9,11-12H,1-8,10H2,(H,20,21). The summed E-state index contributed by atoms with van der Waals surface area (Å²) in [7, 11) is 0. The molecule has 1 unspecified atom stereocenters. The number of carbonyl (C=O) groups is 1. The Hall–Kier alpha value is -1.85. The highest BCUT2D eigenvalue weighted by atomic mass is 16.4. The van der Waals surface area contributed by atoms with E-state index in [0.29, 0.717) is 6.54 Å². The minimum atomic E-state index is -0.704. The van der Waals surface area contributed by atoms with E-state index < -0.39 is 5.97 Å². The molecule has 6 nitrogen and oxygen atoms in total. The fourth-order valence-corrected chi connectivity index (χ4v) is 3.19. The Balaban J connectivity index is 1.74. The Labute approximate surface area is 124 Å². The number of hydrogen-bond acceptors (Lipinski definition) is 5. The van der Waals surface area contributed by atoms with E-state index in [1.807, 2.05) is 6.07 Å². The lowest BCUT2D eigenvalue weighted by molar-refractivity contribution is -0.141. The van der Waals surface area contributed by atoms with Crippen LogP contribution in [0.3, 0.4) is 0 Å². The lowest BCUT2D eigenvalue weighted by atomic mass is 9.98. The second-order valence-electron chi connectivity index (χ2n) is 5.91. The molecular weight excluding hydrogens is 268 g/mol. The summed E-state index contributed by atoms with van der Waals surface area (Å²) >= 11 is 0. The van der Waals surface area contributed by atoms with Crippen molar-refractivity contribution in [2.45, 2.75) is 32.1 Å². The first-order valence-corrected chi connectivity index (χ1v) is 7.79. The quantitative estimate of drug-likeness (QED) is 0.915. The van der Waals surface area contributed by atoms with Gasteiger partial charge in [0.05, 0.1) is 5.92 Å². The van der Waals surface area contributed by atoms with Crippen molar-refractivity contribution in [3.05, 3.63) is 12.4 Å². The molecule has 2 saturated heterocycles. The van der Waals surface area contributed by atoms with Crippen LogP contribution in [0.15, 0.2) is 12.4 Å². The average molecular weight is 290 g/mol. The number of aromatic nitrogens is 2. The van der Waals surface area contributed by atoms with Crippen molar-refractivity contribution in [1.82, 2.24) is 9.97 Å². The van der Waals surface area contributed by atoms with Gasteiger partial charge in [0.15, 0.2) is 0 Å². The molecule has 2 fully saturated rings. The average Bonchev–Trinajstić information content (AvgIpc) is 2.56. The third kappa shape index (κ3) is 3.25. The SMILES string of the molecule is O=C(O)C1CCCN(c2cc(N3CCCCC3)ncn2)C1. The first-order chi connectivity index (χ1) is 10.2. The number of piperidine rings is 2. The monoisotopic (exact) mass is 290 g/mol. The number of rotatable bonds is 3. The van der Waals surface area contributed by atoms with Gasteiger partial charge in [-0.15, -0.1) is 0 Å². The van der Waals surface area contributed by atoms with Gasteiger partial charge in [0.2, 0.25) is 0 Å². The van der Waals surface area contributed by atoms with Crippen LogP contribution in [0.25, 0.3) is 0 Å². The lowest BCUT2D eigenvalue weighted by Gasteiger charge is -2.33. The van der Waals surface area contributed by atoms with Crippen molar-refractivity contribution in [2.24, 2.45) is 5.92 Å². The summed E-state index contributed by atoms with van der Waals surface area (Å²) < 4.78 is 0. The van der Waals surface area contributed by atoms with Crippen molar-refractivity contribution in [2.75, 3.05) is 36.0 Å². The second kappa shape index (κ2) is 6.28. The summed E-state index contributed by atoms with van der Waals surface area (Å²) in [5, 5.41) is 9.19. The number of carboxylic acid groups (broad SMARTS) is 1. The lowest BCUT2D eigenvalue weighted by Crippen LogP contribution is -2.39. The van der Waals surface area contributed by atoms with Gasteiger partial charge in [0.1, 0.15) is 18.0 Å². The zero-order valence-corrected chi connectivity index (χ0v) is 12.2. The highest BCUT2D eigenvalue weighted by Gasteiger charge is 2.26. The fourth-order valence-electron chi connectivity index (χ4n) is 3.19. The molecule has 0 amide bonds.